The highest BCUT2D eigenvalue weighted by molar-refractivity contribution is 5.88. The van der Waals surface area contributed by atoms with E-state index in [2.05, 4.69) is 34.7 Å². The molecule has 0 spiro atoms. The van der Waals surface area contributed by atoms with E-state index in [0.717, 1.165) is 23.2 Å². The van der Waals surface area contributed by atoms with Crippen LogP contribution in [0.4, 0.5) is 0 Å². The molecule has 3 rings (SSSR count). The molecule has 0 aliphatic heterocycles. The highest BCUT2D eigenvalue weighted by atomic mass is 16.5. The molecular formula is C17H19N3O2. The number of furan rings is 1. The van der Waals surface area contributed by atoms with Gasteiger partial charge in [0, 0.05) is 17.6 Å². The van der Waals surface area contributed by atoms with E-state index < -0.39 is 0 Å². The molecule has 0 aliphatic rings. The van der Waals surface area contributed by atoms with Gasteiger partial charge in [-0.3, -0.25) is 0 Å². The van der Waals surface area contributed by atoms with Crippen molar-refractivity contribution in [1.82, 2.24) is 14.8 Å². The number of allylic oxidation sites excluding steroid dienone is 2. The zero-order valence-corrected chi connectivity index (χ0v) is 13.0. The number of nitrogens with zero attached hydrogens (tertiary/aromatic N) is 3. The van der Waals surface area contributed by atoms with Gasteiger partial charge in [0.25, 0.3) is 5.88 Å². The van der Waals surface area contributed by atoms with Crippen molar-refractivity contribution in [2.75, 3.05) is 0 Å². The summed E-state index contributed by atoms with van der Waals surface area (Å²) in [5.74, 6) is 1.30. The Balaban J connectivity index is 2.03. The smallest absolute Gasteiger partial charge is 0.258 e. The van der Waals surface area contributed by atoms with Crippen LogP contribution in [0.2, 0.25) is 0 Å². The average molecular weight is 297 g/mol. The quantitative estimate of drug-likeness (QED) is 0.672. The maximum atomic E-state index is 5.84. The van der Waals surface area contributed by atoms with Gasteiger partial charge in [-0.1, -0.05) is 12.2 Å². The lowest BCUT2D eigenvalue weighted by molar-refractivity contribution is 0.260. The van der Waals surface area contributed by atoms with Crippen molar-refractivity contribution in [3.63, 3.8) is 0 Å². The van der Waals surface area contributed by atoms with E-state index in [9.17, 15) is 0 Å². The molecule has 0 unspecified atom stereocenters. The number of aryl methyl sites for hydroxylation is 1. The summed E-state index contributed by atoms with van der Waals surface area (Å²) in [5.41, 5.74) is 3.39. The predicted octanol–water partition coefficient (Wildman–Crippen LogP) is 3.80. The average Bonchev–Trinajstić information content (AvgIpc) is 3.13. The minimum absolute atomic E-state index is 0.341. The standard InChI is InChI=1S/C17H19N3O2/c1-4-5-8-20-13(3)12(2)15-10-18-19-17(16(15)20)22-11-14-7-6-9-21-14/h4-7,9-10H,8,11H2,1-3H3/b5-4+. The molecule has 0 atom stereocenters. The Labute approximate surface area is 129 Å². The van der Waals surface area contributed by atoms with Gasteiger partial charge in [-0.2, -0.15) is 5.10 Å². The summed E-state index contributed by atoms with van der Waals surface area (Å²) in [7, 11) is 0. The van der Waals surface area contributed by atoms with Crippen LogP contribution >= 0.6 is 0 Å². The first-order chi connectivity index (χ1) is 10.7. The first-order valence-corrected chi connectivity index (χ1v) is 7.29. The van der Waals surface area contributed by atoms with E-state index >= 15 is 0 Å². The van der Waals surface area contributed by atoms with Crippen molar-refractivity contribution in [3.05, 3.63) is 53.8 Å². The Morgan fingerprint density at radius 1 is 1.36 bits per heavy atom. The molecular weight excluding hydrogens is 278 g/mol. The van der Waals surface area contributed by atoms with Gasteiger partial charge in [-0.25, -0.2) is 0 Å². The van der Waals surface area contributed by atoms with Crippen LogP contribution in [0.3, 0.4) is 0 Å². The highest BCUT2D eigenvalue weighted by Crippen LogP contribution is 2.30. The van der Waals surface area contributed by atoms with Gasteiger partial charge in [-0.15, -0.1) is 5.10 Å². The van der Waals surface area contributed by atoms with Crippen LogP contribution in [0.15, 0.2) is 41.2 Å². The molecule has 5 nitrogen and oxygen atoms in total. The fourth-order valence-electron chi connectivity index (χ4n) is 2.53. The number of fused-ring (bicyclic) bond motifs is 1. The maximum Gasteiger partial charge on any atom is 0.258 e. The Kier molecular flexibility index (Phi) is 3.96. The lowest BCUT2D eigenvalue weighted by atomic mass is 10.2. The van der Waals surface area contributed by atoms with Crippen molar-refractivity contribution in [3.8, 4) is 5.88 Å². The summed E-state index contributed by atoms with van der Waals surface area (Å²) in [4.78, 5) is 0. The Morgan fingerprint density at radius 2 is 2.23 bits per heavy atom. The van der Waals surface area contributed by atoms with Gasteiger partial charge in [0.2, 0.25) is 0 Å². The van der Waals surface area contributed by atoms with Crippen LogP contribution in [0.25, 0.3) is 10.9 Å². The van der Waals surface area contributed by atoms with Crippen LogP contribution in [0, 0.1) is 13.8 Å². The monoisotopic (exact) mass is 297 g/mol. The van der Waals surface area contributed by atoms with Crippen molar-refractivity contribution >= 4 is 10.9 Å². The largest absolute Gasteiger partial charge is 0.467 e. The van der Waals surface area contributed by atoms with Crippen molar-refractivity contribution in [2.45, 2.75) is 33.9 Å². The topological polar surface area (TPSA) is 53.1 Å². The zero-order chi connectivity index (χ0) is 15.5. The number of hydrogen-bond donors (Lipinski definition) is 0. The fourth-order valence-corrected chi connectivity index (χ4v) is 2.53. The second-order valence-electron chi connectivity index (χ2n) is 5.17. The van der Waals surface area contributed by atoms with Gasteiger partial charge < -0.3 is 13.7 Å². The van der Waals surface area contributed by atoms with Gasteiger partial charge >= 0.3 is 0 Å². The number of rotatable bonds is 5. The molecule has 5 heteroatoms. The van der Waals surface area contributed by atoms with E-state index in [-0.39, 0.29) is 0 Å². The van der Waals surface area contributed by atoms with Crippen molar-refractivity contribution in [1.29, 1.82) is 0 Å². The highest BCUT2D eigenvalue weighted by Gasteiger charge is 2.16. The molecule has 0 saturated heterocycles. The molecule has 3 aromatic rings. The van der Waals surface area contributed by atoms with Gasteiger partial charge in [-0.05, 0) is 38.5 Å². The van der Waals surface area contributed by atoms with Crippen LogP contribution in [-0.4, -0.2) is 14.8 Å². The molecule has 3 heterocycles. The second-order valence-corrected chi connectivity index (χ2v) is 5.17. The van der Waals surface area contributed by atoms with Gasteiger partial charge in [0.15, 0.2) is 0 Å². The third-order valence-electron chi connectivity index (χ3n) is 3.87. The maximum absolute atomic E-state index is 5.84. The Hall–Kier alpha value is -2.56. The van der Waals surface area contributed by atoms with Gasteiger partial charge in [0.1, 0.15) is 17.9 Å². The van der Waals surface area contributed by atoms with E-state index in [1.54, 1.807) is 12.5 Å². The summed E-state index contributed by atoms with van der Waals surface area (Å²) >= 11 is 0. The third-order valence-corrected chi connectivity index (χ3v) is 3.87. The fraction of sp³-hybridized carbons (Fsp3) is 0.294. The minimum atomic E-state index is 0.341. The first kappa shape index (κ1) is 14.4. The molecule has 0 fully saturated rings. The Bertz CT molecular complexity index is 801. The van der Waals surface area contributed by atoms with Crippen LogP contribution < -0.4 is 4.74 Å². The van der Waals surface area contributed by atoms with E-state index in [1.807, 2.05) is 25.1 Å². The first-order valence-electron chi connectivity index (χ1n) is 7.29. The molecule has 0 bridgehead atoms. The lowest BCUT2D eigenvalue weighted by Crippen LogP contribution is -2.03. The summed E-state index contributed by atoms with van der Waals surface area (Å²) in [5, 5.41) is 9.32. The summed E-state index contributed by atoms with van der Waals surface area (Å²) < 4.78 is 13.3. The summed E-state index contributed by atoms with van der Waals surface area (Å²) in [6.07, 6.45) is 7.58. The minimum Gasteiger partial charge on any atom is -0.467 e. The summed E-state index contributed by atoms with van der Waals surface area (Å²) in [6, 6.07) is 3.72. The zero-order valence-electron chi connectivity index (χ0n) is 13.0. The Morgan fingerprint density at radius 3 is 2.95 bits per heavy atom. The normalized spacial score (nSPS) is 11.6. The van der Waals surface area contributed by atoms with E-state index in [0.29, 0.717) is 12.5 Å². The molecule has 0 radical (unpaired) electrons. The molecule has 22 heavy (non-hydrogen) atoms. The molecule has 0 saturated carbocycles. The number of hydrogen-bond acceptors (Lipinski definition) is 4. The van der Waals surface area contributed by atoms with Crippen molar-refractivity contribution in [2.24, 2.45) is 0 Å². The van der Waals surface area contributed by atoms with Crippen LogP contribution in [0.1, 0.15) is 23.9 Å². The molecule has 0 aromatic carbocycles. The second kappa shape index (κ2) is 6.05. The van der Waals surface area contributed by atoms with Crippen molar-refractivity contribution < 1.29 is 9.15 Å². The number of ether oxygens (including phenoxy) is 1. The predicted molar refractivity (Wildman–Crippen MR) is 84.9 cm³/mol. The van der Waals surface area contributed by atoms with Crippen LogP contribution in [-0.2, 0) is 13.2 Å². The molecule has 3 aromatic heterocycles. The third kappa shape index (κ3) is 2.50. The SMILES string of the molecule is C/C=C/Cn1c(C)c(C)c2cnnc(OCc3ccco3)c21. The molecule has 0 aliphatic carbocycles. The molecule has 0 amide bonds. The molecule has 0 N–H and O–H groups in total. The van der Waals surface area contributed by atoms with Gasteiger partial charge in [0.05, 0.1) is 12.5 Å². The van der Waals surface area contributed by atoms with Crippen LogP contribution in [0.5, 0.6) is 5.88 Å². The lowest BCUT2D eigenvalue weighted by Gasteiger charge is -2.09. The van der Waals surface area contributed by atoms with E-state index in [4.69, 9.17) is 9.15 Å². The number of aromatic nitrogens is 3. The summed E-state index contributed by atoms with van der Waals surface area (Å²) in [6.45, 7) is 7.35. The molecule has 114 valence electrons. The van der Waals surface area contributed by atoms with E-state index in [1.165, 1.54) is 11.3 Å².